The number of thiazole rings is 1. The Morgan fingerprint density at radius 3 is 2.37 bits per heavy atom. The van der Waals surface area contributed by atoms with Crippen molar-refractivity contribution in [3.05, 3.63) is 84.2 Å². The van der Waals surface area contributed by atoms with Crippen molar-refractivity contribution in [2.45, 2.75) is 11.4 Å². The molecule has 0 amide bonds. The Labute approximate surface area is 160 Å². The molecule has 2 aromatic heterocycles. The fraction of sp³-hybridized carbons (Fsp3) is 0.0526. The fourth-order valence-electron chi connectivity index (χ4n) is 2.61. The molecule has 0 unspecified atom stereocenters. The third kappa shape index (κ3) is 3.62. The Balaban J connectivity index is 1.70. The van der Waals surface area contributed by atoms with Crippen LogP contribution in [0.2, 0.25) is 0 Å². The van der Waals surface area contributed by atoms with E-state index < -0.39 is 10.0 Å². The molecule has 4 rings (SSSR count). The SMILES string of the molecule is O=S(=O)(c1ccc(-c2ncco2)cc1)N(Cc1ccccc1)c1nccs1. The molecular formula is C19H15N3O3S2. The summed E-state index contributed by atoms with van der Waals surface area (Å²) < 4.78 is 33.2. The lowest BCUT2D eigenvalue weighted by Gasteiger charge is -2.22. The Morgan fingerprint density at radius 2 is 1.74 bits per heavy atom. The van der Waals surface area contributed by atoms with E-state index in [0.29, 0.717) is 16.6 Å². The molecule has 4 aromatic rings. The number of rotatable bonds is 6. The Morgan fingerprint density at radius 1 is 0.963 bits per heavy atom. The minimum atomic E-state index is -3.78. The molecule has 0 bridgehead atoms. The summed E-state index contributed by atoms with van der Waals surface area (Å²) >= 11 is 1.28. The molecule has 0 saturated heterocycles. The Hall–Kier alpha value is -2.97. The summed E-state index contributed by atoms with van der Waals surface area (Å²) in [6.45, 7) is 0.207. The van der Waals surface area contributed by atoms with Crippen LogP contribution in [0.25, 0.3) is 11.5 Å². The third-order valence-corrected chi connectivity index (χ3v) is 6.58. The van der Waals surface area contributed by atoms with Gasteiger partial charge in [-0.15, -0.1) is 11.3 Å². The summed E-state index contributed by atoms with van der Waals surface area (Å²) in [6, 6.07) is 15.9. The molecule has 0 saturated carbocycles. The van der Waals surface area contributed by atoms with Gasteiger partial charge in [0, 0.05) is 17.1 Å². The largest absolute Gasteiger partial charge is 0.445 e. The van der Waals surface area contributed by atoms with E-state index in [1.807, 2.05) is 30.3 Å². The molecule has 0 radical (unpaired) electrons. The zero-order chi connectivity index (χ0) is 18.7. The van der Waals surface area contributed by atoms with Crippen LogP contribution in [-0.4, -0.2) is 18.4 Å². The number of benzene rings is 2. The van der Waals surface area contributed by atoms with Gasteiger partial charge in [0.25, 0.3) is 10.0 Å². The topological polar surface area (TPSA) is 76.3 Å². The van der Waals surface area contributed by atoms with Crippen LogP contribution >= 0.6 is 11.3 Å². The summed E-state index contributed by atoms with van der Waals surface area (Å²) in [7, 11) is -3.78. The number of nitrogens with zero attached hydrogens (tertiary/aromatic N) is 3. The first kappa shape index (κ1) is 17.4. The summed E-state index contributed by atoms with van der Waals surface area (Å²) in [5.41, 5.74) is 1.59. The molecule has 8 heteroatoms. The monoisotopic (exact) mass is 397 g/mol. The number of anilines is 1. The predicted molar refractivity (Wildman–Crippen MR) is 104 cm³/mol. The molecular weight excluding hydrogens is 382 g/mol. The highest BCUT2D eigenvalue weighted by molar-refractivity contribution is 7.93. The maximum atomic E-state index is 13.3. The molecule has 0 fully saturated rings. The van der Waals surface area contributed by atoms with Crippen LogP contribution in [0.15, 0.2) is 87.9 Å². The van der Waals surface area contributed by atoms with Gasteiger partial charge in [0.1, 0.15) is 6.26 Å². The second-order valence-electron chi connectivity index (χ2n) is 5.67. The highest BCUT2D eigenvalue weighted by Crippen LogP contribution is 2.28. The number of hydrogen-bond acceptors (Lipinski definition) is 6. The molecule has 0 spiro atoms. The van der Waals surface area contributed by atoms with Crippen molar-refractivity contribution >= 4 is 26.5 Å². The summed E-state index contributed by atoms with van der Waals surface area (Å²) in [6.07, 6.45) is 4.62. The molecule has 27 heavy (non-hydrogen) atoms. The molecule has 0 aliphatic carbocycles. The zero-order valence-electron chi connectivity index (χ0n) is 14.1. The van der Waals surface area contributed by atoms with Crippen LogP contribution in [-0.2, 0) is 16.6 Å². The first-order valence-corrected chi connectivity index (χ1v) is 10.4. The van der Waals surface area contributed by atoms with Crippen LogP contribution in [0, 0.1) is 0 Å². The van der Waals surface area contributed by atoms with Crippen LogP contribution in [0.5, 0.6) is 0 Å². The number of sulfonamides is 1. The van der Waals surface area contributed by atoms with Crippen molar-refractivity contribution in [2.75, 3.05) is 4.31 Å². The molecule has 0 N–H and O–H groups in total. The first-order chi connectivity index (χ1) is 13.1. The van der Waals surface area contributed by atoms with E-state index in [-0.39, 0.29) is 11.4 Å². The van der Waals surface area contributed by atoms with Crippen molar-refractivity contribution in [1.29, 1.82) is 0 Å². The van der Waals surface area contributed by atoms with E-state index in [9.17, 15) is 8.42 Å². The van der Waals surface area contributed by atoms with Crippen LogP contribution in [0.1, 0.15) is 5.56 Å². The molecule has 0 aliphatic heterocycles. The van der Waals surface area contributed by atoms with E-state index in [4.69, 9.17) is 4.42 Å². The minimum Gasteiger partial charge on any atom is -0.445 e. The van der Waals surface area contributed by atoms with Gasteiger partial charge < -0.3 is 4.42 Å². The second kappa shape index (κ2) is 7.34. The minimum absolute atomic E-state index is 0.184. The third-order valence-electron chi connectivity index (χ3n) is 3.92. The maximum Gasteiger partial charge on any atom is 0.266 e. The molecule has 2 heterocycles. The lowest BCUT2D eigenvalue weighted by Crippen LogP contribution is -2.30. The van der Waals surface area contributed by atoms with Crippen molar-refractivity contribution in [1.82, 2.24) is 9.97 Å². The van der Waals surface area contributed by atoms with Crippen LogP contribution in [0.3, 0.4) is 0 Å². The summed E-state index contributed by atoms with van der Waals surface area (Å²) in [4.78, 5) is 8.46. The average molecular weight is 397 g/mol. The lowest BCUT2D eigenvalue weighted by atomic mass is 10.2. The zero-order valence-corrected chi connectivity index (χ0v) is 15.7. The second-order valence-corrected chi connectivity index (χ2v) is 8.41. The maximum absolute atomic E-state index is 13.3. The standard InChI is InChI=1S/C19H15N3O3S2/c23-27(24,17-8-6-16(7-9-17)18-20-10-12-25-18)22(19-21-11-13-26-19)14-15-4-2-1-3-5-15/h1-13H,14H2. The van der Waals surface area contributed by atoms with Gasteiger partial charge in [-0.2, -0.15) is 0 Å². The van der Waals surface area contributed by atoms with Gasteiger partial charge in [0.05, 0.1) is 17.6 Å². The smallest absolute Gasteiger partial charge is 0.266 e. The van der Waals surface area contributed by atoms with E-state index in [2.05, 4.69) is 9.97 Å². The van der Waals surface area contributed by atoms with Gasteiger partial charge in [0.2, 0.25) is 5.89 Å². The first-order valence-electron chi connectivity index (χ1n) is 8.11. The van der Waals surface area contributed by atoms with Crippen molar-refractivity contribution in [3.8, 4) is 11.5 Å². The van der Waals surface area contributed by atoms with Gasteiger partial charge in [-0.3, -0.25) is 0 Å². The molecule has 6 nitrogen and oxygen atoms in total. The highest BCUT2D eigenvalue weighted by atomic mass is 32.2. The Bertz CT molecular complexity index is 1090. The fourth-order valence-corrected chi connectivity index (χ4v) is 4.88. The van der Waals surface area contributed by atoms with Gasteiger partial charge in [-0.1, -0.05) is 30.3 Å². The lowest BCUT2D eigenvalue weighted by molar-refractivity contribution is 0.574. The number of hydrogen-bond donors (Lipinski definition) is 0. The molecule has 2 aromatic carbocycles. The Kier molecular flexibility index (Phi) is 4.74. The van der Waals surface area contributed by atoms with Gasteiger partial charge in [-0.25, -0.2) is 22.7 Å². The normalized spacial score (nSPS) is 11.4. The predicted octanol–water partition coefficient (Wildman–Crippen LogP) is 4.19. The van der Waals surface area contributed by atoms with E-state index in [1.165, 1.54) is 21.9 Å². The summed E-state index contributed by atoms with van der Waals surface area (Å²) in [5, 5.41) is 2.18. The van der Waals surface area contributed by atoms with Gasteiger partial charge in [0.15, 0.2) is 5.13 Å². The van der Waals surface area contributed by atoms with Gasteiger partial charge >= 0.3 is 0 Å². The van der Waals surface area contributed by atoms with Gasteiger partial charge in [-0.05, 0) is 29.8 Å². The molecule has 0 atom stereocenters. The van der Waals surface area contributed by atoms with E-state index in [1.54, 1.807) is 42.0 Å². The quantitative estimate of drug-likeness (QED) is 0.487. The highest BCUT2D eigenvalue weighted by Gasteiger charge is 2.27. The van der Waals surface area contributed by atoms with E-state index in [0.717, 1.165) is 5.56 Å². The molecule has 136 valence electrons. The van der Waals surface area contributed by atoms with Crippen molar-refractivity contribution in [2.24, 2.45) is 0 Å². The van der Waals surface area contributed by atoms with Crippen molar-refractivity contribution in [3.63, 3.8) is 0 Å². The van der Waals surface area contributed by atoms with Crippen LogP contribution in [0.4, 0.5) is 5.13 Å². The summed E-state index contributed by atoms with van der Waals surface area (Å²) in [5.74, 6) is 0.444. The average Bonchev–Trinajstić information content (AvgIpc) is 3.41. The number of oxazole rings is 1. The van der Waals surface area contributed by atoms with Crippen LogP contribution < -0.4 is 4.31 Å². The molecule has 0 aliphatic rings. The van der Waals surface area contributed by atoms with Crippen molar-refractivity contribution < 1.29 is 12.8 Å². The van der Waals surface area contributed by atoms with E-state index >= 15 is 0 Å². The number of aromatic nitrogens is 2.